The molecule has 90 valence electrons. The Hall–Kier alpha value is -1.88. The molecule has 5 heteroatoms. The Morgan fingerprint density at radius 3 is 3.00 bits per heavy atom. The number of amides is 1. The van der Waals surface area contributed by atoms with Crippen LogP contribution in [-0.4, -0.2) is 29.7 Å². The van der Waals surface area contributed by atoms with Crippen LogP contribution in [0.15, 0.2) is 22.6 Å². The summed E-state index contributed by atoms with van der Waals surface area (Å²) in [6, 6.07) is 5.38. The Bertz CT molecular complexity index is 548. The van der Waals surface area contributed by atoms with Crippen LogP contribution in [0, 0.1) is 6.92 Å². The average Bonchev–Trinajstić information content (AvgIpc) is 2.67. The van der Waals surface area contributed by atoms with Crippen molar-refractivity contribution in [2.45, 2.75) is 13.3 Å². The lowest BCUT2D eigenvalue weighted by atomic mass is 10.2. The summed E-state index contributed by atoms with van der Waals surface area (Å²) in [6.45, 7) is 1.63. The summed E-state index contributed by atoms with van der Waals surface area (Å²) in [4.78, 5) is 17.3. The van der Waals surface area contributed by atoms with E-state index in [2.05, 4.69) is 4.98 Å². The quantitative estimate of drug-likeness (QED) is 0.873. The number of anilines is 1. The second-order valence-electron chi connectivity index (χ2n) is 3.81. The van der Waals surface area contributed by atoms with Gasteiger partial charge in [0, 0.05) is 25.7 Å². The molecular formula is C12H14N2O3. The molecule has 1 heterocycles. The minimum atomic E-state index is -0.146. The molecule has 1 amide bonds. The first-order chi connectivity index (χ1) is 8.11. The predicted octanol–water partition coefficient (Wildman–Crippen LogP) is 1.48. The van der Waals surface area contributed by atoms with Gasteiger partial charge in [-0.05, 0) is 12.1 Å². The van der Waals surface area contributed by atoms with E-state index >= 15 is 0 Å². The second kappa shape index (κ2) is 4.55. The number of aryl methyl sites for hydroxylation is 1. The highest BCUT2D eigenvalue weighted by Crippen LogP contribution is 2.22. The van der Waals surface area contributed by atoms with Gasteiger partial charge < -0.3 is 14.4 Å². The van der Waals surface area contributed by atoms with Crippen LogP contribution in [0.4, 0.5) is 5.69 Å². The Morgan fingerprint density at radius 2 is 2.29 bits per heavy atom. The van der Waals surface area contributed by atoms with E-state index in [4.69, 9.17) is 9.52 Å². The molecule has 17 heavy (non-hydrogen) atoms. The van der Waals surface area contributed by atoms with Gasteiger partial charge in [-0.2, -0.15) is 0 Å². The molecular weight excluding hydrogens is 220 g/mol. The van der Waals surface area contributed by atoms with Crippen molar-refractivity contribution in [1.82, 2.24) is 4.98 Å². The van der Waals surface area contributed by atoms with Crippen LogP contribution in [-0.2, 0) is 4.79 Å². The number of aromatic nitrogens is 1. The fourth-order valence-corrected chi connectivity index (χ4v) is 1.64. The first-order valence-corrected chi connectivity index (χ1v) is 5.36. The number of aliphatic hydroxyl groups excluding tert-OH is 1. The molecule has 0 fully saturated rings. The van der Waals surface area contributed by atoms with Crippen LogP contribution >= 0.6 is 0 Å². The van der Waals surface area contributed by atoms with Gasteiger partial charge in [0.05, 0.1) is 13.0 Å². The van der Waals surface area contributed by atoms with Crippen molar-refractivity contribution >= 4 is 22.7 Å². The van der Waals surface area contributed by atoms with Crippen molar-refractivity contribution in [2.75, 3.05) is 18.6 Å². The van der Waals surface area contributed by atoms with Gasteiger partial charge in [-0.3, -0.25) is 4.79 Å². The maximum atomic E-state index is 11.6. The van der Waals surface area contributed by atoms with Crippen molar-refractivity contribution in [2.24, 2.45) is 0 Å². The molecule has 1 aromatic carbocycles. The lowest BCUT2D eigenvalue weighted by Gasteiger charge is -2.16. The molecule has 0 unspecified atom stereocenters. The molecule has 0 aliphatic rings. The first kappa shape index (κ1) is 11.6. The van der Waals surface area contributed by atoms with E-state index in [0.717, 1.165) is 11.2 Å². The highest BCUT2D eigenvalue weighted by molar-refractivity contribution is 5.94. The van der Waals surface area contributed by atoms with Gasteiger partial charge in [-0.25, -0.2) is 4.98 Å². The first-order valence-electron chi connectivity index (χ1n) is 5.36. The summed E-state index contributed by atoms with van der Waals surface area (Å²) in [5, 5.41) is 8.73. The van der Waals surface area contributed by atoms with E-state index in [1.54, 1.807) is 26.1 Å². The molecule has 1 N–H and O–H groups in total. The number of carbonyl (C=O) groups excluding carboxylic acids is 1. The number of nitrogens with zero attached hydrogens (tertiary/aromatic N) is 2. The third-order valence-electron chi connectivity index (χ3n) is 2.57. The van der Waals surface area contributed by atoms with Gasteiger partial charge in [0.1, 0.15) is 5.52 Å². The third-order valence-corrected chi connectivity index (χ3v) is 2.57. The maximum Gasteiger partial charge on any atom is 0.229 e. The summed E-state index contributed by atoms with van der Waals surface area (Å²) < 4.78 is 5.40. The number of aliphatic hydroxyl groups is 1. The van der Waals surface area contributed by atoms with Gasteiger partial charge in [-0.1, -0.05) is 0 Å². The number of oxazole rings is 1. The SMILES string of the molecule is Cc1nc2ccc(N(C)C(=O)CCO)cc2o1. The van der Waals surface area contributed by atoms with Crippen LogP contribution in [0.1, 0.15) is 12.3 Å². The standard InChI is InChI=1S/C12H14N2O3/c1-8-13-10-4-3-9(7-11(10)17-8)14(2)12(16)5-6-15/h3-4,7,15H,5-6H2,1-2H3. The molecule has 0 aliphatic carbocycles. The van der Waals surface area contributed by atoms with Gasteiger partial charge >= 0.3 is 0 Å². The monoisotopic (exact) mass is 234 g/mol. The summed E-state index contributed by atoms with van der Waals surface area (Å²) in [5.74, 6) is 0.463. The van der Waals surface area contributed by atoms with Crippen LogP contribution in [0.25, 0.3) is 11.1 Å². The van der Waals surface area contributed by atoms with Crippen LogP contribution in [0.3, 0.4) is 0 Å². The topological polar surface area (TPSA) is 66.6 Å². The van der Waals surface area contributed by atoms with E-state index in [9.17, 15) is 4.79 Å². The van der Waals surface area contributed by atoms with E-state index < -0.39 is 0 Å². The molecule has 1 aromatic heterocycles. The van der Waals surface area contributed by atoms with E-state index in [0.29, 0.717) is 11.5 Å². The fraction of sp³-hybridized carbons (Fsp3) is 0.333. The molecule has 0 radical (unpaired) electrons. The molecule has 0 atom stereocenters. The highest BCUT2D eigenvalue weighted by atomic mass is 16.3. The fourth-order valence-electron chi connectivity index (χ4n) is 1.64. The van der Waals surface area contributed by atoms with Crippen LogP contribution in [0.2, 0.25) is 0 Å². The highest BCUT2D eigenvalue weighted by Gasteiger charge is 2.12. The van der Waals surface area contributed by atoms with Crippen molar-refractivity contribution in [3.05, 3.63) is 24.1 Å². The normalized spacial score (nSPS) is 10.8. The predicted molar refractivity (Wildman–Crippen MR) is 63.9 cm³/mol. The number of benzene rings is 1. The molecule has 0 saturated heterocycles. The zero-order chi connectivity index (χ0) is 12.4. The Morgan fingerprint density at radius 1 is 1.53 bits per heavy atom. The zero-order valence-corrected chi connectivity index (χ0v) is 9.80. The third kappa shape index (κ3) is 2.29. The number of hydrogen-bond donors (Lipinski definition) is 1. The van der Waals surface area contributed by atoms with Crippen molar-refractivity contribution in [1.29, 1.82) is 0 Å². The van der Waals surface area contributed by atoms with Gasteiger partial charge in [0.2, 0.25) is 5.91 Å². The minimum Gasteiger partial charge on any atom is -0.441 e. The van der Waals surface area contributed by atoms with E-state index in [1.165, 1.54) is 4.90 Å². The number of hydrogen-bond acceptors (Lipinski definition) is 4. The molecule has 0 saturated carbocycles. The van der Waals surface area contributed by atoms with E-state index in [1.807, 2.05) is 6.07 Å². The van der Waals surface area contributed by atoms with Crippen LogP contribution in [0.5, 0.6) is 0 Å². The molecule has 2 aromatic rings. The van der Waals surface area contributed by atoms with Gasteiger partial charge in [-0.15, -0.1) is 0 Å². The lowest BCUT2D eigenvalue weighted by Crippen LogP contribution is -2.26. The smallest absolute Gasteiger partial charge is 0.229 e. The number of rotatable bonds is 3. The van der Waals surface area contributed by atoms with E-state index in [-0.39, 0.29) is 18.9 Å². The lowest BCUT2D eigenvalue weighted by molar-refractivity contribution is -0.118. The number of carbonyl (C=O) groups is 1. The molecule has 0 aliphatic heterocycles. The largest absolute Gasteiger partial charge is 0.441 e. The number of fused-ring (bicyclic) bond motifs is 1. The minimum absolute atomic E-state index is 0.115. The average molecular weight is 234 g/mol. The summed E-state index contributed by atoms with van der Waals surface area (Å²) in [5.41, 5.74) is 2.16. The van der Waals surface area contributed by atoms with Crippen molar-refractivity contribution < 1.29 is 14.3 Å². The maximum absolute atomic E-state index is 11.6. The van der Waals surface area contributed by atoms with Crippen molar-refractivity contribution in [3.8, 4) is 0 Å². The second-order valence-corrected chi connectivity index (χ2v) is 3.81. The van der Waals surface area contributed by atoms with Crippen LogP contribution < -0.4 is 4.90 Å². The summed E-state index contributed by atoms with van der Waals surface area (Å²) >= 11 is 0. The zero-order valence-electron chi connectivity index (χ0n) is 9.80. The van der Waals surface area contributed by atoms with Gasteiger partial charge in [0.15, 0.2) is 11.5 Å². The van der Waals surface area contributed by atoms with Gasteiger partial charge in [0.25, 0.3) is 0 Å². The summed E-state index contributed by atoms with van der Waals surface area (Å²) in [7, 11) is 1.67. The molecule has 0 bridgehead atoms. The molecule has 5 nitrogen and oxygen atoms in total. The Balaban J connectivity index is 2.32. The summed E-state index contributed by atoms with van der Waals surface area (Å²) in [6.07, 6.45) is 0.115. The Labute approximate surface area is 98.7 Å². The Kier molecular flexibility index (Phi) is 3.10. The molecule has 0 spiro atoms. The van der Waals surface area contributed by atoms with Crippen molar-refractivity contribution in [3.63, 3.8) is 0 Å². The molecule has 2 rings (SSSR count).